The summed E-state index contributed by atoms with van der Waals surface area (Å²) in [5.74, 6) is 4.02. The topological polar surface area (TPSA) is 42.2 Å². The first kappa shape index (κ1) is 17.3. The van der Waals surface area contributed by atoms with Crippen LogP contribution in [0.1, 0.15) is 11.3 Å². The van der Waals surface area contributed by atoms with E-state index in [1.807, 2.05) is 36.4 Å². The van der Waals surface area contributed by atoms with Crippen LogP contribution < -0.4 is 5.32 Å². The lowest BCUT2D eigenvalue weighted by Crippen LogP contribution is -2.27. The summed E-state index contributed by atoms with van der Waals surface area (Å²) in [6.07, 6.45) is 1.68. The van der Waals surface area contributed by atoms with Crippen molar-refractivity contribution in [3.63, 3.8) is 0 Å². The molecule has 0 aliphatic carbocycles. The van der Waals surface area contributed by atoms with Crippen molar-refractivity contribution in [3.8, 4) is 0 Å². The fraction of sp³-hybridized carbons (Fsp3) is 0.312. The summed E-state index contributed by atoms with van der Waals surface area (Å²) in [7, 11) is 0. The zero-order valence-electron chi connectivity index (χ0n) is 12.1. The third-order valence-corrected chi connectivity index (χ3v) is 5.00. The van der Waals surface area contributed by atoms with Gasteiger partial charge < -0.3 is 9.73 Å². The van der Waals surface area contributed by atoms with Gasteiger partial charge in [-0.25, -0.2) is 0 Å². The summed E-state index contributed by atoms with van der Waals surface area (Å²) < 4.78 is 5.24. The highest BCUT2D eigenvalue weighted by Gasteiger charge is 2.02. The monoisotopic (exact) mass is 355 g/mol. The number of carbonyl (C=O) groups excluding carboxylic acids is 1. The van der Waals surface area contributed by atoms with Crippen molar-refractivity contribution in [2.45, 2.75) is 11.5 Å². The molecule has 0 spiro atoms. The number of furan rings is 1. The molecule has 0 fully saturated rings. The fourth-order valence-electron chi connectivity index (χ4n) is 1.77. The van der Waals surface area contributed by atoms with E-state index < -0.39 is 0 Å². The first-order valence-electron chi connectivity index (χ1n) is 6.93. The second-order valence-electron chi connectivity index (χ2n) is 4.60. The van der Waals surface area contributed by atoms with Crippen molar-refractivity contribution in [1.29, 1.82) is 0 Å². The molecule has 0 radical (unpaired) electrons. The minimum Gasteiger partial charge on any atom is -0.468 e. The smallest absolute Gasteiger partial charge is 0.230 e. The van der Waals surface area contributed by atoms with Crippen molar-refractivity contribution < 1.29 is 9.21 Å². The average molecular weight is 356 g/mol. The molecule has 0 unspecified atom stereocenters. The number of hydrogen-bond acceptors (Lipinski definition) is 4. The van der Waals surface area contributed by atoms with Gasteiger partial charge in [-0.15, -0.1) is 11.8 Å². The summed E-state index contributed by atoms with van der Waals surface area (Å²) in [6, 6.07) is 11.6. The molecule has 1 aromatic carbocycles. The Morgan fingerprint density at radius 1 is 1.18 bits per heavy atom. The van der Waals surface area contributed by atoms with Crippen LogP contribution in [-0.2, 0) is 16.3 Å². The van der Waals surface area contributed by atoms with Gasteiger partial charge in [0.2, 0.25) is 5.91 Å². The number of rotatable bonds is 9. The SMILES string of the molecule is O=C(CSCc1cccc(Cl)c1)NCCSCc1ccco1. The predicted octanol–water partition coefficient (Wildman–Crippen LogP) is 4.22. The Morgan fingerprint density at radius 3 is 2.86 bits per heavy atom. The highest BCUT2D eigenvalue weighted by atomic mass is 35.5. The standard InChI is InChI=1S/C16H18ClNO2S2/c17-14-4-1-3-13(9-14)10-22-12-16(19)18-6-8-21-11-15-5-2-7-20-15/h1-5,7,9H,6,8,10-12H2,(H,18,19). The van der Waals surface area contributed by atoms with Crippen molar-refractivity contribution in [1.82, 2.24) is 5.32 Å². The maximum Gasteiger partial charge on any atom is 0.230 e. The van der Waals surface area contributed by atoms with E-state index in [9.17, 15) is 4.79 Å². The highest BCUT2D eigenvalue weighted by Crippen LogP contribution is 2.16. The fourth-order valence-corrected chi connectivity index (χ4v) is 3.54. The molecule has 1 amide bonds. The van der Waals surface area contributed by atoms with Gasteiger partial charge in [0.05, 0.1) is 17.8 Å². The first-order valence-corrected chi connectivity index (χ1v) is 9.62. The van der Waals surface area contributed by atoms with Crippen LogP contribution >= 0.6 is 35.1 Å². The molecular weight excluding hydrogens is 338 g/mol. The maximum atomic E-state index is 11.7. The van der Waals surface area contributed by atoms with Crippen LogP contribution in [0.25, 0.3) is 0 Å². The van der Waals surface area contributed by atoms with Crippen LogP contribution in [0.2, 0.25) is 5.02 Å². The predicted molar refractivity (Wildman–Crippen MR) is 95.5 cm³/mol. The van der Waals surface area contributed by atoms with Crippen LogP contribution in [0, 0.1) is 0 Å². The number of thioether (sulfide) groups is 2. The molecule has 0 bridgehead atoms. The van der Waals surface area contributed by atoms with Crippen LogP contribution in [0.15, 0.2) is 47.1 Å². The number of nitrogens with one attached hydrogen (secondary N) is 1. The van der Waals surface area contributed by atoms with Gasteiger partial charge in [-0.1, -0.05) is 23.7 Å². The third-order valence-electron chi connectivity index (χ3n) is 2.78. The zero-order chi connectivity index (χ0) is 15.6. The molecule has 0 aliphatic heterocycles. The van der Waals surface area contributed by atoms with Gasteiger partial charge in [-0.05, 0) is 29.8 Å². The molecule has 6 heteroatoms. The Morgan fingerprint density at radius 2 is 2.09 bits per heavy atom. The molecule has 3 nitrogen and oxygen atoms in total. The van der Waals surface area contributed by atoms with Crippen molar-refractivity contribution in [2.24, 2.45) is 0 Å². The van der Waals surface area contributed by atoms with Crippen LogP contribution in [0.5, 0.6) is 0 Å². The number of benzene rings is 1. The van der Waals surface area contributed by atoms with Gasteiger partial charge in [0, 0.05) is 23.1 Å². The second kappa shape index (κ2) is 9.87. The molecule has 1 aromatic heterocycles. The van der Waals surface area contributed by atoms with E-state index in [1.165, 1.54) is 0 Å². The average Bonchev–Trinajstić information content (AvgIpc) is 3.00. The minimum absolute atomic E-state index is 0.0747. The lowest BCUT2D eigenvalue weighted by atomic mass is 10.2. The van der Waals surface area contributed by atoms with Crippen molar-refractivity contribution in [3.05, 3.63) is 59.0 Å². The molecule has 1 N–H and O–H groups in total. The molecule has 22 heavy (non-hydrogen) atoms. The Balaban J connectivity index is 1.51. The molecule has 0 aliphatic rings. The van der Waals surface area contributed by atoms with Crippen molar-refractivity contribution >= 4 is 41.0 Å². The van der Waals surface area contributed by atoms with Gasteiger partial charge in [0.1, 0.15) is 5.76 Å². The summed E-state index contributed by atoms with van der Waals surface area (Å²) in [6.45, 7) is 0.682. The number of amides is 1. The van der Waals surface area contributed by atoms with Crippen LogP contribution in [0.3, 0.4) is 0 Å². The quantitative estimate of drug-likeness (QED) is 0.684. The van der Waals surface area contributed by atoms with Gasteiger partial charge in [0.25, 0.3) is 0 Å². The molecule has 0 atom stereocenters. The molecule has 0 saturated carbocycles. The van der Waals surface area contributed by atoms with E-state index in [0.29, 0.717) is 12.3 Å². The summed E-state index contributed by atoms with van der Waals surface area (Å²) >= 11 is 9.26. The molecular formula is C16H18ClNO2S2. The Hall–Kier alpha value is -1.04. The van der Waals surface area contributed by atoms with E-state index in [2.05, 4.69) is 5.32 Å². The molecule has 1 heterocycles. The number of halogens is 1. The van der Waals surface area contributed by atoms with Crippen molar-refractivity contribution in [2.75, 3.05) is 18.1 Å². The number of hydrogen-bond donors (Lipinski definition) is 1. The maximum absolute atomic E-state index is 11.7. The molecule has 2 rings (SSSR count). The minimum atomic E-state index is 0.0747. The number of carbonyl (C=O) groups is 1. The largest absolute Gasteiger partial charge is 0.468 e. The van der Waals surface area contributed by atoms with E-state index in [-0.39, 0.29) is 5.91 Å². The zero-order valence-corrected chi connectivity index (χ0v) is 14.5. The van der Waals surface area contributed by atoms with Gasteiger partial charge >= 0.3 is 0 Å². The highest BCUT2D eigenvalue weighted by molar-refractivity contribution is 7.99. The van der Waals surface area contributed by atoms with Crippen LogP contribution in [0.4, 0.5) is 0 Å². The van der Waals surface area contributed by atoms with E-state index in [0.717, 1.165) is 33.6 Å². The van der Waals surface area contributed by atoms with Gasteiger partial charge in [0.15, 0.2) is 0 Å². The summed E-state index contributed by atoms with van der Waals surface area (Å²) in [5.41, 5.74) is 1.14. The lowest BCUT2D eigenvalue weighted by molar-refractivity contribution is -0.118. The third kappa shape index (κ3) is 6.81. The van der Waals surface area contributed by atoms with Gasteiger partial charge in [-0.2, -0.15) is 11.8 Å². The molecule has 118 valence electrons. The van der Waals surface area contributed by atoms with E-state index in [4.69, 9.17) is 16.0 Å². The molecule has 2 aromatic rings. The molecule has 0 saturated heterocycles. The van der Waals surface area contributed by atoms with E-state index in [1.54, 1.807) is 29.8 Å². The lowest BCUT2D eigenvalue weighted by Gasteiger charge is -2.05. The van der Waals surface area contributed by atoms with Crippen LogP contribution in [-0.4, -0.2) is 24.0 Å². The summed E-state index contributed by atoms with van der Waals surface area (Å²) in [4.78, 5) is 11.7. The normalized spacial score (nSPS) is 10.6. The Bertz CT molecular complexity index is 575. The van der Waals surface area contributed by atoms with E-state index >= 15 is 0 Å². The Labute approximate surface area is 144 Å². The first-order chi connectivity index (χ1) is 10.7. The summed E-state index contributed by atoms with van der Waals surface area (Å²) in [5, 5.41) is 3.66. The van der Waals surface area contributed by atoms with Gasteiger partial charge in [-0.3, -0.25) is 4.79 Å². The Kier molecular flexibility index (Phi) is 7.77. The second-order valence-corrected chi connectivity index (χ2v) is 7.13.